The monoisotopic (exact) mass is 275 g/mol. The predicted octanol–water partition coefficient (Wildman–Crippen LogP) is 2.20. The van der Waals surface area contributed by atoms with Gasteiger partial charge in [-0.15, -0.1) is 0 Å². The molecule has 0 heterocycles. The first-order chi connectivity index (χ1) is 9.70. The molecular weight excluding hydrogens is 254 g/mol. The fourth-order valence-electron chi connectivity index (χ4n) is 2.34. The number of aliphatic hydroxyl groups is 1. The normalized spacial score (nSPS) is 19.4. The molecule has 4 nitrogen and oxygen atoms in total. The highest BCUT2D eigenvalue weighted by Crippen LogP contribution is 2.20. The predicted molar refractivity (Wildman–Crippen MR) is 77.4 cm³/mol. The Morgan fingerprint density at radius 3 is 3.05 bits per heavy atom. The lowest BCUT2D eigenvalue weighted by Crippen LogP contribution is -2.34. The summed E-state index contributed by atoms with van der Waals surface area (Å²) in [5.41, 5.74) is 0.744. The molecule has 1 aromatic rings. The molecule has 1 aromatic carbocycles. The molecule has 0 spiro atoms. The van der Waals surface area contributed by atoms with Gasteiger partial charge in [-0.25, -0.2) is 0 Å². The Kier molecular flexibility index (Phi) is 5.18. The summed E-state index contributed by atoms with van der Waals surface area (Å²) in [6, 6.07) is 7.25. The van der Waals surface area contributed by atoms with Gasteiger partial charge in [0, 0.05) is 12.5 Å². The van der Waals surface area contributed by atoms with Crippen molar-refractivity contribution in [1.29, 1.82) is 0 Å². The maximum Gasteiger partial charge on any atom is 0.223 e. The number of nitrogens with one attached hydrogen (secondary N) is 1. The second kappa shape index (κ2) is 7.10. The van der Waals surface area contributed by atoms with Crippen LogP contribution in [-0.4, -0.2) is 24.7 Å². The van der Waals surface area contributed by atoms with E-state index in [1.54, 1.807) is 13.2 Å². The van der Waals surface area contributed by atoms with Crippen molar-refractivity contribution in [1.82, 2.24) is 5.32 Å². The number of allylic oxidation sites excluding steroid dienone is 2. The maximum absolute atomic E-state index is 12.0. The highest BCUT2D eigenvalue weighted by molar-refractivity contribution is 5.79. The van der Waals surface area contributed by atoms with Gasteiger partial charge in [0.25, 0.3) is 0 Å². The average molecular weight is 275 g/mol. The number of hydrogen-bond donors (Lipinski definition) is 2. The van der Waals surface area contributed by atoms with E-state index in [4.69, 9.17) is 4.74 Å². The average Bonchev–Trinajstić information content (AvgIpc) is 2.53. The maximum atomic E-state index is 12.0. The van der Waals surface area contributed by atoms with Crippen molar-refractivity contribution in [2.75, 3.05) is 13.7 Å². The van der Waals surface area contributed by atoms with Gasteiger partial charge in [-0.3, -0.25) is 4.79 Å². The molecule has 1 aliphatic carbocycles. The van der Waals surface area contributed by atoms with Crippen LogP contribution in [-0.2, 0) is 4.79 Å². The SMILES string of the molecule is COc1cccc([C@H](O)CNC(=O)[C@@H]2CC=CCC2)c1. The number of ether oxygens (including phenoxy) is 1. The van der Waals surface area contributed by atoms with E-state index in [0.29, 0.717) is 5.75 Å². The first-order valence-electron chi connectivity index (χ1n) is 6.95. The Morgan fingerprint density at radius 2 is 2.35 bits per heavy atom. The molecule has 0 unspecified atom stereocenters. The summed E-state index contributed by atoms with van der Waals surface area (Å²) >= 11 is 0. The summed E-state index contributed by atoms with van der Waals surface area (Å²) in [7, 11) is 1.59. The minimum absolute atomic E-state index is 0.0243. The Balaban J connectivity index is 1.86. The Bertz CT molecular complexity index is 484. The molecule has 0 saturated carbocycles. The van der Waals surface area contributed by atoms with Gasteiger partial charge < -0.3 is 15.2 Å². The van der Waals surface area contributed by atoms with E-state index < -0.39 is 6.10 Å². The van der Waals surface area contributed by atoms with Crippen LogP contribution in [0.4, 0.5) is 0 Å². The zero-order chi connectivity index (χ0) is 14.4. The molecule has 0 radical (unpaired) electrons. The lowest BCUT2D eigenvalue weighted by molar-refractivity contribution is -0.125. The number of carbonyl (C=O) groups is 1. The lowest BCUT2D eigenvalue weighted by atomic mass is 9.93. The van der Waals surface area contributed by atoms with Crippen molar-refractivity contribution in [3.8, 4) is 5.75 Å². The van der Waals surface area contributed by atoms with Gasteiger partial charge >= 0.3 is 0 Å². The Labute approximate surface area is 119 Å². The smallest absolute Gasteiger partial charge is 0.223 e. The third-order valence-electron chi connectivity index (χ3n) is 3.59. The van der Waals surface area contributed by atoms with E-state index >= 15 is 0 Å². The molecule has 0 saturated heterocycles. The molecule has 2 atom stereocenters. The van der Waals surface area contributed by atoms with E-state index in [2.05, 4.69) is 11.4 Å². The highest BCUT2D eigenvalue weighted by atomic mass is 16.5. The Morgan fingerprint density at radius 1 is 1.50 bits per heavy atom. The topological polar surface area (TPSA) is 58.6 Å². The third-order valence-corrected chi connectivity index (χ3v) is 3.59. The molecule has 0 aliphatic heterocycles. The number of aliphatic hydroxyl groups excluding tert-OH is 1. The number of benzene rings is 1. The molecule has 0 fully saturated rings. The van der Waals surface area contributed by atoms with Crippen LogP contribution in [0.1, 0.15) is 30.9 Å². The van der Waals surface area contributed by atoms with Crippen molar-refractivity contribution >= 4 is 5.91 Å². The molecule has 20 heavy (non-hydrogen) atoms. The van der Waals surface area contributed by atoms with E-state index in [1.807, 2.05) is 24.3 Å². The lowest BCUT2D eigenvalue weighted by Gasteiger charge is -2.19. The standard InChI is InChI=1S/C16H21NO3/c1-20-14-9-5-8-13(10-14)15(18)11-17-16(19)12-6-3-2-4-7-12/h2-3,5,8-10,12,15,18H,4,6-7,11H2,1H3,(H,17,19)/t12-,15-/m1/s1. The number of rotatable bonds is 5. The van der Waals surface area contributed by atoms with Crippen molar-refractivity contribution in [3.63, 3.8) is 0 Å². The van der Waals surface area contributed by atoms with Crippen molar-refractivity contribution < 1.29 is 14.6 Å². The molecular formula is C16H21NO3. The van der Waals surface area contributed by atoms with Crippen LogP contribution in [0.5, 0.6) is 5.75 Å². The van der Waals surface area contributed by atoms with Crippen molar-refractivity contribution in [2.45, 2.75) is 25.4 Å². The molecule has 0 aromatic heterocycles. The summed E-state index contributed by atoms with van der Waals surface area (Å²) in [5.74, 6) is 0.763. The van der Waals surface area contributed by atoms with Crippen LogP contribution < -0.4 is 10.1 Å². The number of hydrogen-bond acceptors (Lipinski definition) is 3. The van der Waals surface area contributed by atoms with Gasteiger partial charge in [0.15, 0.2) is 0 Å². The van der Waals surface area contributed by atoms with Gasteiger partial charge in [-0.05, 0) is 37.0 Å². The van der Waals surface area contributed by atoms with Gasteiger partial charge in [-0.1, -0.05) is 24.3 Å². The number of amides is 1. The quantitative estimate of drug-likeness (QED) is 0.810. The molecule has 1 aliphatic rings. The summed E-state index contributed by atoms with van der Waals surface area (Å²) in [6.45, 7) is 0.228. The Hall–Kier alpha value is -1.81. The minimum Gasteiger partial charge on any atom is -0.497 e. The van der Waals surface area contributed by atoms with Gasteiger partial charge in [-0.2, -0.15) is 0 Å². The highest BCUT2D eigenvalue weighted by Gasteiger charge is 2.19. The summed E-state index contributed by atoms with van der Waals surface area (Å²) in [6.07, 6.45) is 6.07. The molecule has 108 valence electrons. The molecule has 2 N–H and O–H groups in total. The molecule has 1 amide bonds. The largest absolute Gasteiger partial charge is 0.497 e. The van der Waals surface area contributed by atoms with Crippen LogP contribution in [0.3, 0.4) is 0 Å². The molecule has 4 heteroatoms. The van der Waals surface area contributed by atoms with Crippen LogP contribution in [0.2, 0.25) is 0 Å². The van der Waals surface area contributed by atoms with E-state index in [0.717, 1.165) is 24.8 Å². The first kappa shape index (κ1) is 14.6. The molecule has 0 bridgehead atoms. The zero-order valence-corrected chi connectivity index (χ0v) is 11.7. The van der Waals surface area contributed by atoms with Gasteiger partial charge in [0.2, 0.25) is 5.91 Å². The number of carbonyl (C=O) groups excluding carboxylic acids is 1. The van der Waals surface area contributed by atoms with E-state index in [9.17, 15) is 9.90 Å². The van der Waals surface area contributed by atoms with Crippen LogP contribution in [0.25, 0.3) is 0 Å². The minimum atomic E-state index is -0.715. The van der Waals surface area contributed by atoms with Gasteiger partial charge in [0.1, 0.15) is 5.75 Å². The summed E-state index contributed by atoms with van der Waals surface area (Å²) in [5, 5.41) is 12.9. The third kappa shape index (κ3) is 3.84. The second-order valence-corrected chi connectivity index (χ2v) is 5.02. The van der Waals surface area contributed by atoms with E-state index in [1.165, 1.54) is 0 Å². The zero-order valence-electron chi connectivity index (χ0n) is 11.7. The fraction of sp³-hybridized carbons (Fsp3) is 0.438. The first-order valence-corrected chi connectivity index (χ1v) is 6.95. The van der Waals surface area contributed by atoms with Crippen LogP contribution in [0.15, 0.2) is 36.4 Å². The van der Waals surface area contributed by atoms with Gasteiger partial charge in [0.05, 0.1) is 13.2 Å². The summed E-state index contributed by atoms with van der Waals surface area (Å²) < 4.78 is 5.12. The fourth-order valence-corrected chi connectivity index (χ4v) is 2.34. The van der Waals surface area contributed by atoms with Crippen molar-refractivity contribution in [2.24, 2.45) is 5.92 Å². The number of methoxy groups -OCH3 is 1. The van der Waals surface area contributed by atoms with Crippen LogP contribution >= 0.6 is 0 Å². The van der Waals surface area contributed by atoms with Crippen molar-refractivity contribution in [3.05, 3.63) is 42.0 Å². The van der Waals surface area contributed by atoms with E-state index in [-0.39, 0.29) is 18.4 Å². The van der Waals surface area contributed by atoms with Crippen LogP contribution in [0, 0.1) is 5.92 Å². The second-order valence-electron chi connectivity index (χ2n) is 5.02. The molecule has 2 rings (SSSR count). The summed E-state index contributed by atoms with van der Waals surface area (Å²) in [4.78, 5) is 12.0.